The second-order valence-electron chi connectivity index (χ2n) is 5.84. The van der Waals surface area contributed by atoms with Crippen LogP contribution in [-0.4, -0.2) is 36.6 Å². The number of morpholine rings is 1. The van der Waals surface area contributed by atoms with E-state index < -0.39 is 0 Å². The SMILES string of the molecule is C[C@@H]1CCc2sc(C(=O)N3CCO[C@@H](C)C3)cc2C1. The molecule has 19 heavy (non-hydrogen) atoms. The van der Waals surface area contributed by atoms with Crippen molar-refractivity contribution in [3.05, 3.63) is 21.4 Å². The second kappa shape index (κ2) is 5.25. The van der Waals surface area contributed by atoms with E-state index in [0.29, 0.717) is 6.61 Å². The lowest BCUT2D eigenvalue weighted by atomic mass is 9.90. The summed E-state index contributed by atoms with van der Waals surface area (Å²) >= 11 is 1.71. The Kier molecular flexibility index (Phi) is 3.63. The van der Waals surface area contributed by atoms with Crippen molar-refractivity contribution in [2.24, 2.45) is 5.92 Å². The van der Waals surface area contributed by atoms with Crippen LogP contribution in [0.1, 0.15) is 40.4 Å². The molecule has 1 aromatic heterocycles. The Balaban J connectivity index is 1.77. The van der Waals surface area contributed by atoms with Crippen molar-refractivity contribution in [2.45, 2.75) is 39.2 Å². The van der Waals surface area contributed by atoms with Crippen LogP contribution < -0.4 is 0 Å². The molecule has 0 saturated carbocycles. The van der Waals surface area contributed by atoms with Crippen LogP contribution in [-0.2, 0) is 17.6 Å². The van der Waals surface area contributed by atoms with Crippen LogP contribution in [0.3, 0.4) is 0 Å². The first-order valence-electron chi connectivity index (χ1n) is 7.16. The predicted octanol–water partition coefficient (Wildman–Crippen LogP) is 2.73. The van der Waals surface area contributed by atoms with Gasteiger partial charge in [0.05, 0.1) is 17.6 Å². The van der Waals surface area contributed by atoms with E-state index in [0.717, 1.165) is 36.7 Å². The van der Waals surface area contributed by atoms with E-state index in [-0.39, 0.29) is 12.0 Å². The molecular formula is C15H21NO2S. The first kappa shape index (κ1) is 13.1. The molecule has 0 spiro atoms. The lowest BCUT2D eigenvalue weighted by Gasteiger charge is -2.30. The zero-order chi connectivity index (χ0) is 13.4. The van der Waals surface area contributed by atoms with Gasteiger partial charge in [-0.05, 0) is 43.7 Å². The Morgan fingerprint density at radius 1 is 1.47 bits per heavy atom. The number of carbonyl (C=O) groups is 1. The molecule has 0 aromatic carbocycles. The average Bonchev–Trinajstić information content (AvgIpc) is 2.80. The molecule has 4 heteroatoms. The fourth-order valence-corrected chi connectivity index (χ4v) is 4.15. The minimum absolute atomic E-state index is 0.160. The van der Waals surface area contributed by atoms with E-state index in [4.69, 9.17) is 4.74 Å². The van der Waals surface area contributed by atoms with Crippen molar-refractivity contribution >= 4 is 17.2 Å². The Morgan fingerprint density at radius 2 is 2.32 bits per heavy atom. The van der Waals surface area contributed by atoms with Gasteiger partial charge in [0.1, 0.15) is 0 Å². The molecule has 1 aliphatic carbocycles. The highest BCUT2D eigenvalue weighted by atomic mass is 32.1. The molecule has 2 aliphatic rings. The lowest BCUT2D eigenvalue weighted by molar-refractivity contribution is -0.0122. The standard InChI is InChI=1S/C15H21NO2S/c1-10-3-4-13-12(7-10)8-14(19-13)15(17)16-5-6-18-11(2)9-16/h8,10-11H,3-7,9H2,1-2H3/t10-,11+/m1/s1. The Morgan fingerprint density at radius 3 is 3.11 bits per heavy atom. The fraction of sp³-hybridized carbons (Fsp3) is 0.667. The van der Waals surface area contributed by atoms with Crippen molar-refractivity contribution in [2.75, 3.05) is 19.7 Å². The molecule has 0 N–H and O–H groups in total. The van der Waals surface area contributed by atoms with Gasteiger partial charge >= 0.3 is 0 Å². The van der Waals surface area contributed by atoms with Crippen LogP contribution >= 0.6 is 11.3 Å². The molecule has 1 aliphatic heterocycles. The fourth-order valence-electron chi connectivity index (χ4n) is 2.97. The minimum atomic E-state index is 0.160. The lowest BCUT2D eigenvalue weighted by Crippen LogP contribution is -2.44. The second-order valence-corrected chi connectivity index (χ2v) is 6.98. The maximum atomic E-state index is 12.5. The van der Waals surface area contributed by atoms with E-state index >= 15 is 0 Å². The molecule has 2 atom stereocenters. The summed E-state index contributed by atoms with van der Waals surface area (Å²) in [7, 11) is 0. The molecule has 1 amide bonds. The van der Waals surface area contributed by atoms with Crippen molar-refractivity contribution in [1.29, 1.82) is 0 Å². The maximum absolute atomic E-state index is 12.5. The van der Waals surface area contributed by atoms with Crippen LogP contribution in [0.25, 0.3) is 0 Å². The average molecular weight is 279 g/mol. The summed E-state index contributed by atoms with van der Waals surface area (Å²) in [6.45, 7) is 6.43. The number of nitrogens with zero attached hydrogens (tertiary/aromatic N) is 1. The van der Waals surface area contributed by atoms with Gasteiger partial charge in [0, 0.05) is 18.0 Å². The molecule has 0 bridgehead atoms. The summed E-state index contributed by atoms with van der Waals surface area (Å²) in [5.74, 6) is 0.954. The Hall–Kier alpha value is -0.870. The normalized spacial score (nSPS) is 27.2. The van der Waals surface area contributed by atoms with Crippen LogP contribution in [0.2, 0.25) is 0 Å². The molecule has 1 saturated heterocycles. The van der Waals surface area contributed by atoms with Gasteiger partial charge in [-0.1, -0.05) is 6.92 Å². The molecule has 1 aromatic rings. The van der Waals surface area contributed by atoms with Gasteiger partial charge in [-0.15, -0.1) is 11.3 Å². The van der Waals surface area contributed by atoms with E-state index in [1.54, 1.807) is 11.3 Å². The summed E-state index contributed by atoms with van der Waals surface area (Å²) in [6, 6.07) is 2.14. The van der Waals surface area contributed by atoms with Crippen LogP contribution in [0.5, 0.6) is 0 Å². The number of fused-ring (bicyclic) bond motifs is 1. The first-order valence-corrected chi connectivity index (χ1v) is 7.97. The number of hydrogen-bond donors (Lipinski definition) is 0. The summed E-state index contributed by atoms with van der Waals surface area (Å²) in [6.07, 6.45) is 3.70. The molecule has 104 valence electrons. The van der Waals surface area contributed by atoms with Crippen molar-refractivity contribution in [1.82, 2.24) is 4.90 Å². The third-order valence-corrected chi connectivity index (χ3v) is 5.29. The highest BCUT2D eigenvalue weighted by molar-refractivity contribution is 7.14. The van der Waals surface area contributed by atoms with Crippen molar-refractivity contribution in [3.63, 3.8) is 0 Å². The van der Waals surface area contributed by atoms with E-state index in [1.807, 2.05) is 11.8 Å². The predicted molar refractivity (Wildman–Crippen MR) is 76.8 cm³/mol. The minimum Gasteiger partial charge on any atom is -0.375 e. The summed E-state index contributed by atoms with van der Waals surface area (Å²) in [4.78, 5) is 16.8. The van der Waals surface area contributed by atoms with Gasteiger partial charge in [-0.3, -0.25) is 4.79 Å². The molecule has 3 nitrogen and oxygen atoms in total. The first-order chi connectivity index (χ1) is 9.13. The van der Waals surface area contributed by atoms with Gasteiger partial charge in [0.15, 0.2) is 0 Å². The molecule has 2 heterocycles. The molecule has 0 radical (unpaired) electrons. The van der Waals surface area contributed by atoms with E-state index in [1.165, 1.54) is 16.9 Å². The van der Waals surface area contributed by atoms with Crippen molar-refractivity contribution in [3.8, 4) is 0 Å². The smallest absolute Gasteiger partial charge is 0.264 e. The summed E-state index contributed by atoms with van der Waals surface area (Å²) in [5.41, 5.74) is 1.41. The molecule has 0 unspecified atom stereocenters. The van der Waals surface area contributed by atoms with Gasteiger partial charge in [-0.25, -0.2) is 0 Å². The van der Waals surface area contributed by atoms with Gasteiger partial charge in [0.2, 0.25) is 0 Å². The van der Waals surface area contributed by atoms with Crippen molar-refractivity contribution < 1.29 is 9.53 Å². The number of thiophene rings is 1. The van der Waals surface area contributed by atoms with Crippen LogP contribution in [0.15, 0.2) is 6.07 Å². The van der Waals surface area contributed by atoms with Gasteiger partial charge in [0.25, 0.3) is 5.91 Å². The maximum Gasteiger partial charge on any atom is 0.264 e. The number of rotatable bonds is 1. The third-order valence-electron chi connectivity index (χ3n) is 4.07. The number of carbonyl (C=O) groups excluding carboxylic acids is 1. The highest BCUT2D eigenvalue weighted by Gasteiger charge is 2.26. The molecule has 3 rings (SSSR count). The number of hydrogen-bond acceptors (Lipinski definition) is 3. The summed E-state index contributed by atoms with van der Waals surface area (Å²) < 4.78 is 5.50. The summed E-state index contributed by atoms with van der Waals surface area (Å²) in [5, 5.41) is 0. The zero-order valence-electron chi connectivity index (χ0n) is 11.6. The zero-order valence-corrected chi connectivity index (χ0v) is 12.5. The quantitative estimate of drug-likeness (QED) is 0.791. The van der Waals surface area contributed by atoms with Crippen LogP contribution in [0.4, 0.5) is 0 Å². The number of amides is 1. The van der Waals surface area contributed by atoms with Gasteiger partial charge in [-0.2, -0.15) is 0 Å². The monoisotopic (exact) mass is 279 g/mol. The highest BCUT2D eigenvalue weighted by Crippen LogP contribution is 2.32. The van der Waals surface area contributed by atoms with Crippen LogP contribution in [0, 0.1) is 5.92 Å². The van der Waals surface area contributed by atoms with Gasteiger partial charge < -0.3 is 9.64 Å². The van der Waals surface area contributed by atoms with E-state index in [9.17, 15) is 4.79 Å². The van der Waals surface area contributed by atoms with E-state index in [2.05, 4.69) is 13.0 Å². The molecule has 1 fully saturated rings. The Bertz CT molecular complexity index is 482. The topological polar surface area (TPSA) is 29.5 Å². The largest absolute Gasteiger partial charge is 0.375 e. The Labute approximate surface area is 118 Å². The number of ether oxygens (including phenoxy) is 1. The molecular weight excluding hydrogens is 258 g/mol. The third kappa shape index (κ3) is 2.70. The number of aryl methyl sites for hydroxylation is 1.